The predicted molar refractivity (Wildman–Crippen MR) is 18.8 cm³/mol. The second-order valence-corrected chi connectivity index (χ2v) is 2.47. The summed E-state index contributed by atoms with van der Waals surface area (Å²) < 4.78 is 29.5. The summed E-state index contributed by atoms with van der Waals surface area (Å²) in [6, 6.07) is 0. The molecule has 0 fully saturated rings. The Balaban J connectivity index is -0.0000000800. The van der Waals surface area contributed by atoms with E-state index in [9.17, 15) is 0 Å². The Morgan fingerprint density at radius 2 is 0.857 bits per heavy atom. The van der Waals surface area contributed by atoms with E-state index in [1.54, 1.807) is 0 Å². The number of rotatable bonds is 0. The van der Waals surface area contributed by atoms with Gasteiger partial charge >= 0.3 is 32.9 Å². The van der Waals surface area contributed by atoms with Gasteiger partial charge in [0.05, 0.1) is 0 Å². The Morgan fingerprint density at radius 1 is 0.857 bits per heavy atom. The third-order valence-electron chi connectivity index (χ3n) is 0. The molecule has 0 saturated heterocycles. The first kappa shape index (κ1) is 16.0. The SMILES string of the molecule is [AlH3].[OH][Ti]([OH])([OH])[OH].[Zr]. The summed E-state index contributed by atoms with van der Waals surface area (Å²) in [6.07, 6.45) is 0. The molecular weight excluding hydrogens is 230 g/mol. The monoisotopic (exact) mass is 236 g/mol. The zero-order valence-electron chi connectivity index (χ0n) is 2.79. The molecule has 0 bridgehead atoms. The molecule has 0 aliphatic heterocycles. The first-order chi connectivity index (χ1) is 2.00. The molecule has 4 N–H and O–H groups in total. The molecule has 0 atom stereocenters. The summed E-state index contributed by atoms with van der Waals surface area (Å²) in [6.45, 7) is 0. The molecule has 7 heavy (non-hydrogen) atoms. The summed E-state index contributed by atoms with van der Waals surface area (Å²) in [7, 11) is 0. The molecule has 0 aromatic heterocycles. The fourth-order valence-electron chi connectivity index (χ4n) is 0. The normalized spacial score (nSPS) is 8.57. The van der Waals surface area contributed by atoms with E-state index in [2.05, 4.69) is 0 Å². The molecule has 0 aromatic rings. The van der Waals surface area contributed by atoms with Gasteiger partial charge in [0.1, 0.15) is 0 Å². The van der Waals surface area contributed by atoms with Crippen molar-refractivity contribution in [1.82, 2.24) is 0 Å². The largest absolute Gasteiger partial charge is 0 e. The average molecular weight is 237 g/mol. The Labute approximate surface area is 75.7 Å². The van der Waals surface area contributed by atoms with E-state index in [0.29, 0.717) is 0 Å². The summed E-state index contributed by atoms with van der Waals surface area (Å²) in [5.41, 5.74) is 0. The quantitative estimate of drug-likeness (QED) is 0.331. The van der Waals surface area contributed by atoms with E-state index in [1.165, 1.54) is 0 Å². The van der Waals surface area contributed by atoms with Crippen molar-refractivity contribution >= 4 is 17.4 Å². The second-order valence-electron chi connectivity index (χ2n) is 0.600. The van der Waals surface area contributed by atoms with Crippen LogP contribution in [0.4, 0.5) is 0 Å². The van der Waals surface area contributed by atoms with Crippen molar-refractivity contribution in [3.8, 4) is 0 Å². The first-order valence-electron chi connectivity index (χ1n) is 0.894. The van der Waals surface area contributed by atoms with Crippen molar-refractivity contribution in [1.29, 1.82) is 0 Å². The molecule has 0 saturated carbocycles. The molecule has 0 spiro atoms. The maximum Gasteiger partial charge on any atom is 0 e. The molecule has 4 nitrogen and oxygen atoms in total. The minimum atomic E-state index is -5.00. The Kier molecular flexibility index (Phi) is 13.9. The van der Waals surface area contributed by atoms with Gasteiger partial charge in [0.2, 0.25) is 0 Å². The molecule has 0 amide bonds. The zero-order chi connectivity index (χ0) is 4.50. The van der Waals surface area contributed by atoms with Crippen LogP contribution in [0.15, 0.2) is 0 Å². The third-order valence-corrected chi connectivity index (χ3v) is 0. The van der Waals surface area contributed by atoms with Gasteiger partial charge in [-0.05, 0) is 0 Å². The summed E-state index contributed by atoms with van der Waals surface area (Å²) in [5, 5.41) is 0. The maximum absolute atomic E-state index is 7.38. The molecule has 0 unspecified atom stereocenters. The molecule has 0 radical (unpaired) electrons. The van der Waals surface area contributed by atoms with Crippen LogP contribution in [0.2, 0.25) is 0 Å². The van der Waals surface area contributed by atoms with Crippen LogP contribution in [-0.4, -0.2) is 32.1 Å². The molecule has 42 valence electrons. The average Bonchev–Trinajstić information content (AvgIpc) is 0.722. The fourth-order valence-corrected chi connectivity index (χ4v) is 0. The van der Waals surface area contributed by atoms with Crippen LogP contribution in [0.1, 0.15) is 0 Å². The summed E-state index contributed by atoms with van der Waals surface area (Å²) in [4.78, 5) is 0. The van der Waals surface area contributed by atoms with E-state index < -0.39 is 18.1 Å². The van der Waals surface area contributed by atoms with Crippen LogP contribution < -0.4 is 0 Å². The van der Waals surface area contributed by atoms with Crippen molar-refractivity contribution in [3.63, 3.8) is 0 Å². The maximum atomic E-state index is 7.38. The van der Waals surface area contributed by atoms with Crippen molar-refractivity contribution in [2.24, 2.45) is 0 Å². The van der Waals surface area contributed by atoms with E-state index >= 15 is 0 Å². The third kappa shape index (κ3) is 73.2. The fraction of sp³-hybridized carbons (Fsp3) is 0. The molecule has 0 aliphatic carbocycles. The van der Waals surface area contributed by atoms with Gasteiger partial charge in [-0.15, -0.1) is 0 Å². The predicted octanol–water partition coefficient (Wildman–Crippen LogP) is -3.42. The summed E-state index contributed by atoms with van der Waals surface area (Å²) in [5.74, 6) is 0. The minimum Gasteiger partial charge on any atom is 0 e. The molecule has 0 aromatic carbocycles. The smallest absolute Gasteiger partial charge is 0 e. The van der Waals surface area contributed by atoms with Gasteiger partial charge in [-0.1, -0.05) is 0 Å². The Bertz CT molecular complexity index is 27.2. The minimum absolute atomic E-state index is 0. The number of hydrogen-bond acceptors (Lipinski definition) is 4. The van der Waals surface area contributed by atoms with Crippen molar-refractivity contribution < 1.29 is 59.1 Å². The van der Waals surface area contributed by atoms with Gasteiger partial charge in [0, 0.05) is 26.2 Å². The number of hydrogen-bond donors (Lipinski definition) is 4. The van der Waals surface area contributed by atoms with Crippen LogP contribution in [0.3, 0.4) is 0 Å². The molecule has 0 rings (SSSR count). The Hall–Kier alpha value is 1.97. The van der Waals surface area contributed by atoms with Gasteiger partial charge in [0.15, 0.2) is 17.4 Å². The standard InChI is InChI=1S/Al.4H2O.Ti.Zr.3H/h;4*1H2;;;;;/q;;;;;+4;;;;/p-4. The zero-order valence-corrected chi connectivity index (χ0v) is 6.81. The van der Waals surface area contributed by atoms with Crippen LogP contribution in [0, 0.1) is 0 Å². The van der Waals surface area contributed by atoms with Gasteiger partial charge < -0.3 is 0 Å². The molecule has 7 heteroatoms. The van der Waals surface area contributed by atoms with E-state index in [1.807, 2.05) is 0 Å². The van der Waals surface area contributed by atoms with E-state index in [4.69, 9.17) is 14.8 Å². The molecule has 0 aliphatic rings. The van der Waals surface area contributed by atoms with Gasteiger partial charge in [0.25, 0.3) is 0 Å². The van der Waals surface area contributed by atoms with Gasteiger partial charge in [-0.3, -0.25) is 0 Å². The topological polar surface area (TPSA) is 80.9 Å². The Morgan fingerprint density at radius 3 is 0.857 bits per heavy atom. The van der Waals surface area contributed by atoms with E-state index in [0.717, 1.165) is 0 Å². The van der Waals surface area contributed by atoms with Crippen molar-refractivity contribution in [3.05, 3.63) is 0 Å². The van der Waals surface area contributed by atoms with Gasteiger partial charge in [-0.2, -0.15) is 0 Å². The van der Waals surface area contributed by atoms with Gasteiger partial charge in [-0.25, -0.2) is 0 Å². The molecular formula is H7AlO4TiZr. The van der Waals surface area contributed by atoms with Crippen LogP contribution in [-0.2, 0) is 44.3 Å². The van der Waals surface area contributed by atoms with E-state index in [-0.39, 0.29) is 43.6 Å². The van der Waals surface area contributed by atoms with Crippen LogP contribution in [0.5, 0.6) is 0 Å². The second kappa shape index (κ2) is 6.10. The van der Waals surface area contributed by atoms with Crippen LogP contribution >= 0.6 is 0 Å². The van der Waals surface area contributed by atoms with Crippen molar-refractivity contribution in [2.75, 3.05) is 0 Å². The van der Waals surface area contributed by atoms with Crippen LogP contribution in [0.25, 0.3) is 0 Å². The van der Waals surface area contributed by atoms with Crippen molar-refractivity contribution in [2.45, 2.75) is 0 Å². The first-order valence-corrected chi connectivity index (χ1v) is 3.69. The summed E-state index contributed by atoms with van der Waals surface area (Å²) >= 11 is -5.00. The molecule has 0 heterocycles.